The summed E-state index contributed by atoms with van der Waals surface area (Å²) in [7, 11) is 0. The van der Waals surface area contributed by atoms with Gasteiger partial charge >= 0.3 is 11.4 Å². The predicted molar refractivity (Wildman–Crippen MR) is 68.4 cm³/mol. The molecule has 0 radical (unpaired) electrons. The van der Waals surface area contributed by atoms with Gasteiger partial charge in [-0.15, -0.1) is 0 Å². The number of halogens is 1. The van der Waals surface area contributed by atoms with Crippen LogP contribution in [0, 0.1) is 20.2 Å². The van der Waals surface area contributed by atoms with Crippen LogP contribution in [0.5, 0.6) is 0 Å². The van der Waals surface area contributed by atoms with Crippen LogP contribution < -0.4 is 4.90 Å². The Morgan fingerprint density at radius 3 is 2.22 bits per heavy atom. The Morgan fingerprint density at radius 2 is 1.72 bits per heavy atom. The maximum Gasteiger partial charge on any atom is 0.381 e. The molecule has 2 rings (SSSR count). The molecule has 0 atom stereocenters. The molecule has 0 N–H and O–H groups in total. The van der Waals surface area contributed by atoms with E-state index in [-0.39, 0.29) is 3.79 Å². The fraction of sp³-hybridized carbons (Fsp3) is 0.500. The largest absolute Gasteiger partial charge is 0.381 e. The van der Waals surface area contributed by atoms with Gasteiger partial charge in [0.1, 0.15) is 0 Å². The summed E-state index contributed by atoms with van der Waals surface area (Å²) in [6.07, 6.45) is 0. The number of hydrogen-bond donors (Lipinski definition) is 0. The number of nitrogens with zero attached hydrogens (tertiary/aromatic N) is 3. The smallest absolute Gasteiger partial charge is 0.378 e. The van der Waals surface area contributed by atoms with Crippen molar-refractivity contribution in [2.45, 2.75) is 0 Å². The molecular formula is C8H8BrN3O5S. The molecule has 1 aromatic rings. The number of morpholine rings is 1. The first-order chi connectivity index (χ1) is 8.52. The van der Waals surface area contributed by atoms with Crippen LogP contribution in [0.2, 0.25) is 0 Å². The van der Waals surface area contributed by atoms with Gasteiger partial charge in [0.25, 0.3) is 0 Å². The van der Waals surface area contributed by atoms with E-state index in [2.05, 4.69) is 15.9 Å². The molecular weight excluding hydrogens is 330 g/mol. The first-order valence-corrected chi connectivity index (χ1v) is 6.57. The van der Waals surface area contributed by atoms with Crippen molar-refractivity contribution in [2.24, 2.45) is 0 Å². The first-order valence-electron chi connectivity index (χ1n) is 4.96. The van der Waals surface area contributed by atoms with Crippen molar-refractivity contribution in [2.75, 3.05) is 31.2 Å². The monoisotopic (exact) mass is 337 g/mol. The number of rotatable bonds is 3. The van der Waals surface area contributed by atoms with Crippen molar-refractivity contribution in [3.05, 3.63) is 24.0 Å². The van der Waals surface area contributed by atoms with E-state index in [9.17, 15) is 20.2 Å². The van der Waals surface area contributed by atoms with E-state index < -0.39 is 21.2 Å². The standard InChI is InChI=1S/C8H8BrN3O5S/c9-7-5(11(13)14)6(12(15)16)8(18-7)10-1-3-17-4-2-10/h1-4H2. The fourth-order valence-corrected chi connectivity index (χ4v) is 3.49. The minimum absolute atomic E-state index is 0.167. The maximum atomic E-state index is 11.0. The Balaban J connectivity index is 2.49. The predicted octanol–water partition coefficient (Wildman–Crippen LogP) is 2.16. The van der Waals surface area contributed by atoms with Crippen LogP contribution in [0.3, 0.4) is 0 Å². The molecule has 0 unspecified atom stereocenters. The van der Waals surface area contributed by atoms with E-state index in [4.69, 9.17) is 4.74 Å². The van der Waals surface area contributed by atoms with E-state index in [1.165, 1.54) is 0 Å². The van der Waals surface area contributed by atoms with Crippen molar-refractivity contribution in [1.82, 2.24) is 0 Å². The number of anilines is 1. The zero-order valence-electron chi connectivity index (χ0n) is 9.00. The summed E-state index contributed by atoms with van der Waals surface area (Å²) in [6, 6.07) is 0. The number of thiophene rings is 1. The quantitative estimate of drug-likeness (QED) is 0.619. The van der Waals surface area contributed by atoms with Crippen LogP contribution >= 0.6 is 27.3 Å². The van der Waals surface area contributed by atoms with Crippen molar-refractivity contribution in [3.63, 3.8) is 0 Å². The highest BCUT2D eigenvalue weighted by atomic mass is 79.9. The molecule has 10 heteroatoms. The number of ether oxygens (including phenoxy) is 1. The SMILES string of the molecule is O=[N+]([O-])c1c(Br)sc(N2CCOCC2)c1[N+](=O)[O-]. The summed E-state index contributed by atoms with van der Waals surface area (Å²) in [5.74, 6) is 0. The van der Waals surface area contributed by atoms with Crippen molar-refractivity contribution < 1.29 is 14.6 Å². The van der Waals surface area contributed by atoms with E-state index in [1.54, 1.807) is 4.90 Å². The molecule has 1 aliphatic heterocycles. The van der Waals surface area contributed by atoms with Crippen LogP contribution in [0.25, 0.3) is 0 Å². The van der Waals surface area contributed by atoms with E-state index in [0.29, 0.717) is 31.3 Å². The summed E-state index contributed by atoms with van der Waals surface area (Å²) in [5.41, 5.74) is -0.926. The first kappa shape index (κ1) is 13.2. The van der Waals surface area contributed by atoms with Gasteiger partial charge in [0, 0.05) is 13.1 Å². The lowest BCUT2D eigenvalue weighted by Crippen LogP contribution is -2.36. The Hall–Kier alpha value is -1.26. The molecule has 8 nitrogen and oxygen atoms in total. The van der Waals surface area contributed by atoms with Crippen molar-refractivity contribution >= 4 is 43.6 Å². The minimum atomic E-state index is -0.733. The molecule has 0 aromatic carbocycles. The second-order valence-electron chi connectivity index (χ2n) is 3.49. The molecule has 0 spiro atoms. The Bertz CT molecular complexity index is 499. The second-order valence-corrected chi connectivity index (χ2v) is 5.81. The van der Waals surface area contributed by atoms with Crippen LogP contribution in [0.4, 0.5) is 16.4 Å². The average Bonchev–Trinajstić information content (AvgIpc) is 2.68. The van der Waals surface area contributed by atoms with Crippen LogP contribution in [-0.4, -0.2) is 36.1 Å². The molecule has 98 valence electrons. The topological polar surface area (TPSA) is 98.8 Å². The summed E-state index contributed by atoms with van der Waals surface area (Å²) < 4.78 is 5.32. The highest BCUT2D eigenvalue weighted by Crippen LogP contribution is 2.49. The molecule has 0 bridgehead atoms. The number of hydrogen-bond acceptors (Lipinski definition) is 7. The molecule has 0 saturated carbocycles. The van der Waals surface area contributed by atoms with Gasteiger partial charge in [-0.2, -0.15) is 0 Å². The van der Waals surface area contributed by atoms with Gasteiger partial charge in [-0.1, -0.05) is 11.3 Å². The lowest BCUT2D eigenvalue weighted by molar-refractivity contribution is -0.421. The van der Waals surface area contributed by atoms with Gasteiger partial charge in [0.15, 0.2) is 8.79 Å². The van der Waals surface area contributed by atoms with Gasteiger partial charge in [-0.05, 0) is 15.9 Å². The Labute approximate surface area is 114 Å². The summed E-state index contributed by atoms with van der Waals surface area (Å²) in [5, 5.41) is 22.2. The maximum absolute atomic E-state index is 11.0. The normalized spacial score (nSPS) is 15.7. The molecule has 1 saturated heterocycles. The van der Waals surface area contributed by atoms with E-state index in [1.807, 2.05) is 0 Å². The van der Waals surface area contributed by atoms with Gasteiger partial charge < -0.3 is 9.64 Å². The fourth-order valence-electron chi connectivity index (χ4n) is 1.68. The lowest BCUT2D eigenvalue weighted by atomic mass is 10.3. The molecule has 0 aliphatic carbocycles. The summed E-state index contributed by atoms with van der Waals surface area (Å²) >= 11 is 4.03. The van der Waals surface area contributed by atoms with Gasteiger partial charge in [-0.3, -0.25) is 20.2 Å². The molecule has 1 aromatic heterocycles. The highest BCUT2D eigenvalue weighted by Gasteiger charge is 2.38. The van der Waals surface area contributed by atoms with Gasteiger partial charge in [-0.25, -0.2) is 0 Å². The van der Waals surface area contributed by atoms with Crippen LogP contribution in [0.15, 0.2) is 3.79 Å². The Kier molecular flexibility index (Phi) is 3.78. The Morgan fingerprint density at radius 1 is 1.17 bits per heavy atom. The zero-order chi connectivity index (χ0) is 13.3. The highest BCUT2D eigenvalue weighted by molar-refractivity contribution is 9.11. The molecule has 1 fully saturated rings. The molecule has 1 aliphatic rings. The van der Waals surface area contributed by atoms with Gasteiger partial charge in [0.05, 0.1) is 23.1 Å². The van der Waals surface area contributed by atoms with E-state index in [0.717, 1.165) is 11.3 Å². The van der Waals surface area contributed by atoms with Crippen molar-refractivity contribution in [3.8, 4) is 0 Å². The minimum Gasteiger partial charge on any atom is -0.378 e. The van der Waals surface area contributed by atoms with Crippen LogP contribution in [0.1, 0.15) is 0 Å². The van der Waals surface area contributed by atoms with Crippen molar-refractivity contribution in [1.29, 1.82) is 0 Å². The third-order valence-corrected chi connectivity index (χ3v) is 4.34. The molecule has 0 amide bonds. The lowest BCUT2D eigenvalue weighted by Gasteiger charge is -2.26. The van der Waals surface area contributed by atoms with Gasteiger partial charge in [0.2, 0.25) is 0 Å². The third-order valence-electron chi connectivity index (χ3n) is 2.46. The molecule has 18 heavy (non-hydrogen) atoms. The molecule has 2 heterocycles. The second kappa shape index (κ2) is 5.16. The van der Waals surface area contributed by atoms with Crippen LogP contribution in [-0.2, 0) is 4.74 Å². The van der Waals surface area contributed by atoms with E-state index >= 15 is 0 Å². The summed E-state index contributed by atoms with van der Waals surface area (Å²) in [6.45, 7) is 1.90. The zero-order valence-corrected chi connectivity index (χ0v) is 11.4. The summed E-state index contributed by atoms with van der Waals surface area (Å²) in [4.78, 5) is 22.2. The third kappa shape index (κ3) is 2.31. The average molecular weight is 338 g/mol. The number of nitro groups is 2.